The van der Waals surface area contributed by atoms with Crippen LogP contribution in [0.5, 0.6) is 0 Å². The van der Waals surface area contributed by atoms with Crippen molar-refractivity contribution in [2.75, 3.05) is 0 Å². The van der Waals surface area contributed by atoms with Gasteiger partial charge in [-0.3, -0.25) is 14.6 Å². The summed E-state index contributed by atoms with van der Waals surface area (Å²) in [6, 6.07) is 17.6. The molecule has 1 aliphatic rings. The van der Waals surface area contributed by atoms with Gasteiger partial charge in [0.1, 0.15) is 5.69 Å². The lowest BCUT2D eigenvalue weighted by Gasteiger charge is -2.29. The van der Waals surface area contributed by atoms with Crippen LogP contribution < -0.4 is 5.32 Å². The van der Waals surface area contributed by atoms with Crippen molar-refractivity contribution in [3.05, 3.63) is 112 Å². The first-order chi connectivity index (χ1) is 17.7. The Labute approximate surface area is 221 Å². The fraction of sp³-hybridized carbons (Fsp3) is 0.200. The number of carbonyl (C=O) groups excluding carboxylic acids is 1. The standard InChI is InChI=1S/C30H28ClN3O3/c1-20-4-3-5-25(21-6-11-27(34-18-21)29(37)32-17-14-28(35)36)26(20)19-33-24-12-15-30(2,16-13-24)22-7-9-23(31)10-8-22/h3-13,15,17-18,33H,14,16,19H2,1-2H3,(H,35,36). The lowest BCUT2D eigenvalue weighted by atomic mass is 9.77. The van der Waals surface area contributed by atoms with E-state index in [1.54, 1.807) is 12.3 Å². The van der Waals surface area contributed by atoms with Crippen LogP contribution in [0, 0.1) is 6.92 Å². The van der Waals surface area contributed by atoms with Gasteiger partial charge in [-0.25, -0.2) is 4.99 Å². The van der Waals surface area contributed by atoms with E-state index in [0.29, 0.717) is 6.54 Å². The second-order valence-corrected chi connectivity index (χ2v) is 9.66. The molecule has 1 aliphatic carbocycles. The molecule has 7 heteroatoms. The van der Waals surface area contributed by atoms with Gasteiger partial charge >= 0.3 is 5.97 Å². The molecule has 6 nitrogen and oxygen atoms in total. The summed E-state index contributed by atoms with van der Waals surface area (Å²) in [7, 11) is 0. The van der Waals surface area contributed by atoms with Crippen LogP contribution in [0.1, 0.15) is 46.9 Å². The first-order valence-electron chi connectivity index (χ1n) is 12.0. The smallest absolute Gasteiger partial charge is 0.308 e. The molecule has 2 aromatic carbocycles. The first kappa shape index (κ1) is 26.0. The van der Waals surface area contributed by atoms with Crippen molar-refractivity contribution in [1.29, 1.82) is 0 Å². The number of hydrogen-bond acceptors (Lipinski definition) is 4. The molecule has 188 valence electrons. The Hall–Kier alpha value is -4.03. The minimum absolute atomic E-state index is 0.0773. The van der Waals surface area contributed by atoms with Gasteiger partial charge in [-0.1, -0.05) is 67.1 Å². The number of aliphatic carboxylic acids is 1. The third-order valence-electron chi connectivity index (χ3n) is 6.53. The molecule has 0 fully saturated rings. The molecule has 0 spiro atoms. The van der Waals surface area contributed by atoms with Crippen LogP contribution in [0.15, 0.2) is 89.7 Å². The molecule has 0 bridgehead atoms. The van der Waals surface area contributed by atoms with Gasteiger partial charge in [-0.05, 0) is 59.9 Å². The second kappa shape index (κ2) is 11.4. The Morgan fingerprint density at radius 1 is 1.16 bits per heavy atom. The lowest BCUT2D eigenvalue weighted by molar-refractivity contribution is -0.135. The molecule has 37 heavy (non-hydrogen) atoms. The number of hydrogen-bond donors (Lipinski definition) is 2. The van der Waals surface area contributed by atoms with Gasteiger partial charge in [0, 0.05) is 40.7 Å². The third kappa shape index (κ3) is 6.40. The van der Waals surface area contributed by atoms with Crippen molar-refractivity contribution < 1.29 is 14.7 Å². The van der Waals surface area contributed by atoms with E-state index in [1.165, 1.54) is 5.56 Å². The highest BCUT2D eigenvalue weighted by molar-refractivity contribution is 6.30. The Bertz CT molecular complexity index is 1390. The van der Waals surface area contributed by atoms with E-state index in [0.717, 1.165) is 45.6 Å². The fourth-order valence-electron chi connectivity index (χ4n) is 4.26. The van der Waals surface area contributed by atoms with Gasteiger partial charge in [0.2, 0.25) is 0 Å². The van der Waals surface area contributed by atoms with E-state index >= 15 is 0 Å². The van der Waals surface area contributed by atoms with E-state index in [4.69, 9.17) is 16.7 Å². The molecule has 1 unspecified atom stereocenters. The molecule has 0 saturated carbocycles. The summed E-state index contributed by atoms with van der Waals surface area (Å²) in [5.41, 5.74) is 6.59. The number of aryl methyl sites for hydroxylation is 1. The van der Waals surface area contributed by atoms with Crippen LogP contribution >= 0.6 is 11.6 Å². The summed E-state index contributed by atoms with van der Waals surface area (Å²) in [5.74, 6) is -1.61. The average molecular weight is 514 g/mol. The molecule has 3 aromatic rings. The largest absolute Gasteiger partial charge is 0.481 e. The predicted octanol–water partition coefficient (Wildman–Crippen LogP) is 6.29. The van der Waals surface area contributed by atoms with Gasteiger partial charge in [-0.2, -0.15) is 0 Å². The van der Waals surface area contributed by atoms with Crippen LogP contribution in [0.4, 0.5) is 0 Å². The molecule has 0 radical (unpaired) electrons. The van der Waals surface area contributed by atoms with E-state index in [2.05, 4.69) is 65.6 Å². The van der Waals surface area contributed by atoms with Crippen molar-refractivity contribution >= 4 is 29.7 Å². The number of rotatable bonds is 8. The van der Waals surface area contributed by atoms with E-state index < -0.39 is 11.9 Å². The number of carboxylic acids is 1. The molecule has 1 atom stereocenters. The first-order valence-corrected chi connectivity index (χ1v) is 12.4. The normalized spacial score (nSPS) is 17.0. The number of pyridine rings is 1. The molecule has 1 heterocycles. The Kier molecular flexibility index (Phi) is 7.99. The van der Waals surface area contributed by atoms with Gasteiger partial charge in [0.05, 0.1) is 6.42 Å². The zero-order valence-electron chi connectivity index (χ0n) is 20.7. The van der Waals surface area contributed by atoms with Crippen molar-refractivity contribution in [1.82, 2.24) is 10.3 Å². The summed E-state index contributed by atoms with van der Waals surface area (Å²) in [6.07, 6.45) is 9.88. The quantitative estimate of drug-likeness (QED) is 0.345. The zero-order chi connectivity index (χ0) is 26.4. The molecule has 4 rings (SSSR count). The number of aliphatic imine (C=N–C) groups is 1. The highest BCUT2D eigenvalue weighted by Crippen LogP contribution is 2.34. The maximum atomic E-state index is 12.1. The minimum atomic E-state index is -1.05. The third-order valence-corrected chi connectivity index (χ3v) is 6.78. The zero-order valence-corrected chi connectivity index (χ0v) is 21.5. The fourth-order valence-corrected chi connectivity index (χ4v) is 4.38. The van der Waals surface area contributed by atoms with E-state index in [-0.39, 0.29) is 17.5 Å². The highest BCUT2D eigenvalue weighted by atomic mass is 35.5. The molecule has 1 amide bonds. The van der Waals surface area contributed by atoms with Crippen molar-refractivity contribution in [2.24, 2.45) is 4.99 Å². The number of amides is 1. The molecule has 0 saturated heterocycles. The SMILES string of the molecule is Cc1cccc(-c2ccc(C(=O)N=CCC(=O)O)nc2)c1CNC1=CCC(C)(c2ccc(Cl)cc2)C=C1. The number of halogens is 1. The van der Waals surface area contributed by atoms with Crippen LogP contribution in [0.25, 0.3) is 11.1 Å². The van der Waals surface area contributed by atoms with Crippen LogP contribution in [-0.2, 0) is 16.8 Å². The number of carbonyl (C=O) groups is 2. The Balaban J connectivity index is 1.46. The number of allylic oxidation sites excluding steroid dienone is 3. The van der Waals surface area contributed by atoms with Gasteiger partial charge in [0.15, 0.2) is 0 Å². The summed E-state index contributed by atoms with van der Waals surface area (Å²) >= 11 is 6.06. The van der Waals surface area contributed by atoms with Gasteiger partial charge in [-0.15, -0.1) is 0 Å². The number of nitrogens with one attached hydrogen (secondary N) is 1. The van der Waals surface area contributed by atoms with Gasteiger partial charge in [0.25, 0.3) is 5.91 Å². The molecular formula is C30H28ClN3O3. The van der Waals surface area contributed by atoms with E-state index in [1.807, 2.05) is 30.3 Å². The van der Waals surface area contributed by atoms with Gasteiger partial charge < -0.3 is 10.4 Å². The lowest BCUT2D eigenvalue weighted by Crippen LogP contribution is -2.23. The van der Waals surface area contributed by atoms with Crippen molar-refractivity contribution in [3.63, 3.8) is 0 Å². The topological polar surface area (TPSA) is 91.7 Å². The summed E-state index contributed by atoms with van der Waals surface area (Å²) < 4.78 is 0. The number of benzene rings is 2. The van der Waals surface area contributed by atoms with E-state index in [9.17, 15) is 9.59 Å². The van der Waals surface area contributed by atoms with Crippen LogP contribution in [0.3, 0.4) is 0 Å². The highest BCUT2D eigenvalue weighted by Gasteiger charge is 2.25. The van der Waals surface area contributed by atoms with Crippen molar-refractivity contribution in [3.8, 4) is 11.1 Å². The Morgan fingerprint density at radius 2 is 1.95 bits per heavy atom. The average Bonchev–Trinajstić information content (AvgIpc) is 2.89. The molecule has 0 aliphatic heterocycles. The summed E-state index contributed by atoms with van der Waals surface area (Å²) in [5, 5.41) is 13.0. The maximum Gasteiger partial charge on any atom is 0.308 e. The number of nitrogens with zero attached hydrogens (tertiary/aromatic N) is 2. The van der Waals surface area contributed by atoms with Crippen LogP contribution in [-0.4, -0.2) is 28.2 Å². The summed E-state index contributed by atoms with van der Waals surface area (Å²) in [4.78, 5) is 30.6. The minimum Gasteiger partial charge on any atom is -0.481 e. The second-order valence-electron chi connectivity index (χ2n) is 9.22. The molecular weight excluding hydrogens is 486 g/mol. The molecule has 2 N–H and O–H groups in total. The maximum absolute atomic E-state index is 12.1. The monoisotopic (exact) mass is 513 g/mol. The number of aromatic nitrogens is 1. The van der Waals surface area contributed by atoms with Crippen LogP contribution in [0.2, 0.25) is 5.02 Å². The predicted molar refractivity (Wildman–Crippen MR) is 147 cm³/mol. The Morgan fingerprint density at radius 3 is 2.59 bits per heavy atom. The molecule has 1 aromatic heterocycles. The number of carboxylic acid groups (broad SMARTS) is 1. The summed E-state index contributed by atoms with van der Waals surface area (Å²) in [6.45, 7) is 4.93. The van der Waals surface area contributed by atoms with Crippen molar-refractivity contribution in [2.45, 2.75) is 38.6 Å².